The lowest BCUT2D eigenvalue weighted by Crippen LogP contribution is -2.53. The minimum Gasteiger partial charge on any atom is -0.465 e. The van der Waals surface area contributed by atoms with E-state index in [1.165, 1.54) is 14.2 Å². The number of carbonyl (C=O) groups is 2. The molecule has 0 aromatic carbocycles. The van der Waals surface area contributed by atoms with Crippen LogP contribution in [0.25, 0.3) is 0 Å². The van der Waals surface area contributed by atoms with Crippen LogP contribution in [0.15, 0.2) is 0 Å². The van der Waals surface area contributed by atoms with Gasteiger partial charge in [0.15, 0.2) is 13.9 Å². The lowest BCUT2D eigenvalue weighted by Gasteiger charge is -2.26. The van der Waals surface area contributed by atoms with Crippen molar-refractivity contribution in [3.05, 3.63) is 11.3 Å². The van der Waals surface area contributed by atoms with Gasteiger partial charge in [0.05, 0.1) is 14.2 Å². The highest BCUT2D eigenvalue weighted by Gasteiger charge is 2.38. The topological polar surface area (TPSA) is 70.4 Å². The largest absolute Gasteiger partial charge is 0.465 e. The summed E-state index contributed by atoms with van der Waals surface area (Å²) in [5.74, 6) is -1.13. The van der Waals surface area contributed by atoms with Gasteiger partial charge >= 0.3 is 11.9 Å². The molecule has 0 saturated carbocycles. The van der Waals surface area contributed by atoms with Crippen LogP contribution in [0.2, 0.25) is 39.3 Å². The minimum atomic E-state index is -1.92. The van der Waals surface area contributed by atoms with Gasteiger partial charge in [-0.15, -0.1) is 0 Å². The Bertz CT molecular complexity index is 568. The Labute approximate surface area is 127 Å². The first kappa shape index (κ1) is 17.6. The van der Waals surface area contributed by atoms with Gasteiger partial charge in [0.1, 0.15) is 13.6 Å². The molecule has 0 radical (unpaired) electrons. The molecular formula is C13H24N2O4Si2. The summed E-state index contributed by atoms with van der Waals surface area (Å²) in [4.78, 5) is 24.2. The summed E-state index contributed by atoms with van der Waals surface area (Å²) in [7, 11) is -1.22. The molecular weight excluding hydrogens is 304 g/mol. The molecule has 0 spiro atoms. The van der Waals surface area contributed by atoms with Crippen molar-refractivity contribution in [2.75, 3.05) is 14.2 Å². The van der Waals surface area contributed by atoms with E-state index in [1.807, 2.05) is 4.35 Å². The first-order valence-electron chi connectivity index (χ1n) is 6.75. The monoisotopic (exact) mass is 328 g/mol. The van der Waals surface area contributed by atoms with Gasteiger partial charge in [0, 0.05) is 5.32 Å². The van der Waals surface area contributed by atoms with E-state index >= 15 is 0 Å². The van der Waals surface area contributed by atoms with Crippen molar-refractivity contribution >= 4 is 33.6 Å². The zero-order valence-corrected chi connectivity index (χ0v) is 16.0. The molecule has 0 saturated heterocycles. The van der Waals surface area contributed by atoms with E-state index in [0.29, 0.717) is 0 Å². The average molecular weight is 329 g/mol. The summed E-state index contributed by atoms with van der Waals surface area (Å²) >= 11 is 0. The molecule has 0 aliphatic carbocycles. The molecule has 0 bridgehead atoms. The van der Waals surface area contributed by atoms with Gasteiger partial charge in [0.2, 0.25) is 0 Å². The molecule has 1 rings (SSSR count). The molecule has 0 unspecified atom stereocenters. The van der Waals surface area contributed by atoms with Crippen LogP contribution in [0.4, 0.5) is 0 Å². The van der Waals surface area contributed by atoms with Gasteiger partial charge in [-0.05, 0) is 19.6 Å². The van der Waals surface area contributed by atoms with Gasteiger partial charge in [-0.25, -0.2) is 9.59 Å². The number of aromatic nitrogens is 2. The third kappa shape index (κ3) is 3.43. The fourth-order valence-corrected chi connectivity index (χ4v) is 6.98. The van der Waals surface area contributed by atoms with E-state index in [0.717, 1.165) is 5.32 Å². The highest BCUT2D eigenvalue weighted by Crippen LogP contribution is 2.17. The number of ether oxygens (including phenoxy) is 2. The highest BCUT2D eigenvalue weighted by molar-refractivity contribution is 6.91. The number of carbonyl (C=O) groups excluding carboxylic acids is 2. The van der Waals surface area contributed by atoms with Crippen molar-refractivity contribution in [1.29, 1.82) is 0 Å². The van der Waals surface area contributed by atoms with Crippen molar-refractivity contribution in [2.45, 2.75) is 39.3 Å². The van der Waals surface area contributed by atoms with Crippen LogP contribution in [0.1, 0.15) is 20.8 Å². The van der Waals surface area contributed by atoms with Crippen molar-refractivity contribution < 1.29 is 19.1 Å². The SMILES string of the molecule is COC(=O)c1nn([Si](C)(C)C)c([Si](C)(C)C)c1C(=O)OC. The molecule has 8 heteroatoms. The molecule has 1 aromatic heterocycles. The van der Waals surface area contributed by atoms with E-state index < -0.39 is 28.2 Å². The number of hydrogen-bond acceptors (Lipinski definition) is 5. The van der Waals surface area contributed by atoms with E-state index in [1.54, 1.807) is 0 Å². The lowest BCUT2D eigenvalue weighted by atomic mass is 10.2. The van der Waals surface area contributed by atoms with Crippen molar-refractivity contribution in [2.24, 2.45) is 0 Å². The van der Waals surface area contributed by atoms with E-state index in [9.17, 15) is 9.59 Å². The molecule has 21 heavy (non-hydrogen) atoms. The Morgan fingerprint density at radius 1 is 0.952 bits per heavy atom. The minimum absolute atomic E-state index is 0.0594. The van der Waals surface area contributed by atoms with Crippen LogP contribution in [0.5, 0.6) is 0 Å². The Kier molecular flexibility index (Phi) is 4.84. The van der Waals surface area contributed by atoms with Crippen LogP contribution in [-0.4, -0.2) is 51.9 Å². The molecule has 118 valence electrons. The van der Waals surface area contributed by atoms with Crippen molar-refractivity contribution in [3.63, 3.8) is 0 Å². The zero-order valence-electron chi connectivity index (χ0n) is 14.0. The second-order valence-electron chi connectivity index (χ2n) is 6.89. The maximum Gasteiger partial charge on any atom is 0.359 e. The van der Waals surface area contributed by atoms with Crippen molar-refractivity contribution in [3.8, 4) is 0 Å². The lowest BCUT2D eigenvalue weighted by molar-refractivity contribution is 0.0552. The Balaban J connectivity index is 3.82. The van der Waals surface area contributed by atoms with Gasteiger partial charge in [-0.3, -0.25) is 0 Å². The second kappa shape index (κ2) is 5.76. The molecule has 0 N–H and O–H groups in total. The van der Waals surface area contributed by atoms with Crippen LogP contribution >= 0.6 is 0 Å². The molecule has 1 aromatic rings. The standard InChI is InChI=1S/C13H24N2O4Si2/c1-18-12(16)9-10(13(17)19-2)14-15(21(6,7)8)11(9)20(3,4)5/h1-8H3. The number of rotatable bonds is 4. The summed E-state index contributed by atoms with van der Waals surface area (Å²) in [5, 5.41) is 5.28. The molecule has 0 aliphatic heterocycles. The first-order chi connectivity index (χ1) is 9.45. The van der Waals surface area contributed by atoms with Gasteiger partial charge in [-0.2, -0.15) is 5.10 Å². The van der Waals surface area contributed by atoms with Gasteiger partial charge in [-0.1, -0.05) is 19.6 Å². The molecule has 0 atom stereocenters. The Hall–Kier alpha value is -1.42. The van der Waals surface area contributed by atoms with Crippen molar-refractivity contribution in [1.82, 2.24) is 9.45 Å². The van der Waals surface area contributed by atoms with Crippen LogP contribution in [0.3, 0.4) is 0 Å². The third-order valence-electron chi connectivity index (χ3n) is 3.00. The number of hydrogen-bond donors (Lipinski definition) is 0. The van der Waals surface area contributed by atoms with Gasteiger partial charge < -0.3 is 13.8 Å². The normalized spacial score (nSPS) is 12.2. The molecule has 0 aliphatic rings. The highest BCUT2D eigenvalue weighted by atomic mass is 28.3. The van der Waals surface area contributed by atoms with Gasteiger partial charge in [0.25, 0.3) is 0 Å². The summed E-state index contributed by atoms with van der Waals surface area (Å²) in [6.07, 6.45) is 0. The smallest absolute Gasteiger partial charge is 0.359 e. The van der Waals surface area contributed by atoms with E-state index in [2.05, 4.69) is 44.4 Å². The molecule has 0 amide bonds. The van der Waals surface area contributed by atoms with Crippen LogP contribution in [0, 0.1) is 0 Å². The quantitative estimate of drug-likeness (QED) is 0.621. The Morgan fingerprint density at radius 3 is 1.76 bits per heavy atom. The molecule has 0 fully saturated rings. The van der Waals surface area contributed by atoms with Crippen LogP contribution < -0.4 is 5.32 Å². The fourth-order valence-electron chi connectivity index (χ4n) is 2.13. The second-order valence-corrected chi connectivity index (χ2v) is 16.6. The summed E-state index contributed by atoms with van der Waals surface area (Å²) in [6.45, 7) is 12.7. The van der Waals surface area contributed by atoms with Crippen LogP contribution in [-0.2, 0) is 9.47 Å². The van der Waals surface area contributed by atoms with E-state index in [4.69, 9.17) is 9.47 Å². The summed E-state index contributed by atoms with van der Waals surface area (Å²) in [6, 6.07) is 0. The zero-order chi connectivity index (χ0) is 16.6. The summed E-state index contributed by atoms with van der Waals surface area (Å²) in [5.41, 5.74) is 0.329. The average Bonchev–Trinajstić information content (AvgIpc) is 2.76. The van der Waals surface area contributed by atoms with E-state index in [-0.39, 0.29) is 11.3 Å². The maximum absolute atomic E-state index is 12.2. The third-order valence-corrected chi connectivity index (χ3v) is 6.70. The number of nitrogens with zero attached hydrogens (tertiary/aromatic N) is 2. The Morgan fingerprint density at radius 2 is 1.43 bits per heavy atom. The predicted molar refractivity (Wildman–Crippen MR) is 86.6 cm³/mol. The summed E-state index contributed by atoms with van der Waals surface area (Å²) < 4.78 is 11.5. The first-order valence-corrected chi connectivity index (χ1v) is 13.7. The molecule has 1 heterocycles. The number of methoxy groups -OCH3 is 2. The maximum atomic E-state index is 12.2. The molecule has 6 nitrogen and oxygen atoms in total. The fraction of sp³-hybridized carbons (Fsp3) is 0.615. The predicted octanol–water partition coefficient (Wildman–Crippen LogP) is 1.68. The number of esters is 2.